The molecule has 5 nitrogen and oxygen atoms in total. The minimum atomic E-state index is -0.736. The van der Waals surface area contributed by atoms with Gasteiger partial charge in [-0.25, -0.2) is 4.79 Å². The molecule has 1 heterocycles. The molecule has 1 aliphatic rings. The van der Waals surface area contributed by atoms with Gasteiger partial charge in [-0.3, -0.25) is 10.1 Å². The van der Waals surface area contributed by atoms with Crippen LogP contribution in [-0.2, 0) is 4.79 Å². The maximum Gasteiger partial charge on any atom is 0.322 e. The highest BCUT2D eigenvalue weighted by Gasteiger charge is 2.41. The third kappa shape index (κ3) is 2.68. The summed E-state index contributed by atoms with van der Waals surface area (Å²) in [6.45, 7) is 8.66. The summed E-state index contributed by atoms with van der Waals surface area (Å²) >= 11 is 0. The van der Waals surface area contributed by atoms with Crippen molar-refractivity contribution in [1.29, 1.82) is 0 Å². The second kappa shape index (κ2) is 4.61. The van der Waals surface area contributed by atoms with E-state index in [1.165, 1.54) is 0 Å². The Morgan fingerprint density at radius 3 is 2.27 bits per heavy atom. The van der Waals surface area contributed by atoms with Crippen molar-refractivity contribution in [3.63, 3.8) is 0 Å². The van der Waals surface area contributed by atoms with Crippen LogP contribution in [0.1, 0.15) is 27.2 Å². The fraction of sp³-hybridized carbons (Fsp3) is 0.800. The molecule has 1 aliphatic heterocycles. The lowest BCUT2D eigenvalue weighted by Crippen LogP contribution is -2.46. The molecule has 3 amide bonds. The Morgan fingerprint density at radius 1 is 1.27 bits per heavy atom. The van der Waals surface area contributed by atoms with Gasteiger partial charge in [-0.2, -0.15) is 0 Å². The number of hydrogen-bond donors (Lipinski definition) is 2. The second-order valence-corrected chi connectivity index (χ2v) is 4.02. The Morgan fingerprint density at radius 2 is 1.87 bits per heavy atom. The van der Waals surface area contributed by atoms with Crippen LogP contribution in [0.25, 0.3) is 0 Å². The third-order valence-corrected chi connectivity index (χ3v) is 2.94. The molecule has 0 aromatic rings. The van der Waals surface area contributed by atoms with Crippen LogP contribution >= 0.6 is 0 Å². The number of rotatable bonds is 5. The summed E-state index contributed by atoms with van der Waals surface area (Å²) in [5.74, 6) is -0.223. The number of hydrogen-bond acceptors (Lipinski definition) is 3. The predicted octanol–water partition coefficient (Wildman–Crippen LogP) is 0.316. The molecule has 5 heteroatoms. The number of carbonyl (C=O) groups is 2. The highest BCUT2D eigenvalue weighted by atomic mass is 16.2. The van der Waals surface area contributed by atoms with Crippen LogP contribution in [0, 0.1) is 0 Å². The summed E-state index contributed by atoms with van der Waals surface area (Å²) in [5, 5.41) is 4.92. The number of nitrogens with zero attached hydrogens (tertiary/aromatic N) is 1. The fourth-order valence-corrected chi connectivity index (χ4v) is 1.68. The first-order chi connectivity index (χ1) is 7.01. The zero-order valence-corrected chi connectivity index (χ0v) is 9.59. The van der Waals surface area contributed by atoms with Gasteiger partial charge in [0.15, 0.2) is 0 Å². The number of carbonyl (C=O) groups excluding carboxylic acids is 2. The van der Waals surface area contributed by atoms with Crippen LogP contribution in [0.15, 0.2) is 0 Å². The first kappa shape index (κ1) is 12.0. The topological polar surface area (TPSA) is 61.4 Å². The van der Waals surface area contributed by atoms with Gasteiger partial charge in [0, 0.05) is 6.54 Å². The largest absolute Gasteiger partial charge is 0.324 e. The molecule has 1 rings (SSSR count). The standard InChI is InChI=1S/C10H19N3O2/c1-4-13(5-2)7-6-10(3)8(14)11-9(15)12-10/h4-7H2,1-3H3,(H2,11,12,14,15). The molecule has 15 heavy (non-hydrogen) atoms. The zero-order chi connectivity index (χ0) is 11.5. The lowest BCUT2D eigenvalue weighted by Gasteiger charge is -2.25. The van der Waals surface area contributed by atoms with Crippen LogP contribution in [-0.4, -0.2) is 42.0 Å². The van der Waals surface area contributed by atoms with E-state index >= 15 is 0 Å². The van der Waals surface area contributed by atoms with Crippen molar-refractivity contribution in [2.24, 2.45) is 0 Å². The van der Waals surface area contributed by atoms with E-state index in [4.69, 9.17) is 0 Å². The van der Waals surface area contributed by atoms with Crippen molar-refractivity contribution in [1.82, 2.24) is 15.5 Å². The Balaban J connectivity index is 2.50. The van der Waals surface area contributed by atoms with Gasteiger partial charge in [-0.1, -0.05) is 13.8 Å². The molecular weight excluding hydrogens is 194 g/mol. The normalized spacial score (nSPS) is 25.6. The summed E-state index contributed by atoms with van der Waals surface area (Å²) in [6, 6.07) is -0.387. The average molecular weight is 213 g/mol. The summed E-state index contributed by atoms with van der Waals surface area (Å²) in [7, 11) is 0. The van der Waals surface area contributed by atoms with Gasteiger partial charge in [0.2, 0.25) is 0 Å². The SMILES string of the molecule is CCN(CC)CCC1(C)NC(=O)NC1=O. The highest BCUT2D eigenvalue weighted by Crippen LogP contribution is 2.14. The molecule has 0 aromatic carbocycles. The minimum absolute atomic E-state index is 0.223. The van der Waals surface area contributed by atoms with Crippen molar-refractivity contribution in [3.8, 4) is 0 Å². The van der Waals surface area contributed by atoms with Gasteiger partial charge in [-0.05, 0) is 26.4 Å². The van der Waals surface area contributed by atoms with Gasteiger partial charge >= 0.3 is 6.03 Å². The van der Waals surface area contributed by atoms with Gasteiger partial charge < -0.3 is 10.2 Å². The minimum Gasteiger partial charge on any atom is -0.324 e. The van der Waals surface area contributed by atoms with Crippen molar-refractivity contribution in [2.75, 3.05) is 19.6 Å². The van der Waals surface area contributed by atoms with Crippen LogP contribution in [0.5, 0.6) is 0 Å². The molecule has 1 fully saturated rings. The molecule has 2 N–H and O–H groups in total. The predicted molar refractivity (Wildman–Crippen MR) is 57.5 cm³/mol. The van der Waals surface area contributed by atoms with Crippen molar-refractivity contribution < 1.29 is 9.59 Å². The van der Waals surface area contributed by atoms with E-state index in [0.717, 1.165) is 19.6 Å². The van der Waals surface area contributed by atoms with E-state index in [-0.39, 0.29) is 11.9 Å². The molecule has 0 aromatic heterocycles. The number of nitrogens with one attached hydrogen (secondary N) is 2. The highest BCUT2D eigenvalue weighted by molar-refractivity contribution is 6.06. The first-order valence-corrected chi connectivity index (χ1v) is 5.37. The Hall–Kier alpha value is -1.10. The van der Waals surface area contributed by atoms with Gasteiger partial charge in [-0.15, -0.1) is 0 Å². The van der Waals surface area contributed by atoms with Crippen LogP contribution in [0.2, 0.25) is 0 Å². The Bertz CT molecular complexity index is 263. The quantitative estimate of drug-likeness (QED) is 0.646. The first-order valence-electron chi connectivity index (χ1n) is 5.37. The maximum absolute atomic E-state index is 11.5. The number of amides is 3. The van der Waals surface area contributed by atoms with Crippen LogP contribution in [0.4, 0.5) is 4.79 Å². The van der Waals surface area contributed by atoms with Crippen molar-refractivity contribution in [3.05, 3.63) is 0 Å². The van der Waals surface area contributed by atoms with E-state index in [0.29, 0.717) is 6.42 Å². The van der Waals surface area contributed by atoms with E-state index in [1.807, 2.05) is 0 Å². The Labute approximate surface area is 90.2 Å². The molecule has 1 atom stereocenters. The molecule has 0 radical (unpaired) electrons. The molecule has 0 saturated carbocycles. The smallest absolute Gasteiger partial charge is 0.322 e. The molecule has 0 spiro atoms. The average Bonchev–Trinajstić information content (AvgIpc) is 2.43. The molecular formula is C10H19N3O2. The number of urea groups is 1. The van der Waals surface area contributed by atoms with Crippen molar-refractivity contribution in [2.45, 2.75) is 32.7 Å². The number of imide groups is 1. The summed E-state index contributed by atoms with van der Waals surface area (Å²) in [5.41, 5.74) is -0.736. The van der Waals surface area contributed by atoms with Crippen LogP contribution < -0.4 is 10.6 Å². The summed E-state index contributed by atoms with van der Waals surface area (Å²) in [6.07, 6.45) is 0.645. The van der Waals surface area contributed by atoms with E-state index in [9.17, 15) is 9.59 Å². The third-order valence-electron chi connectivity index (χ3n) is 2.94. The van der Waals surface area contributed by atoms with Crippen LogP contribution in [0.3, 0.4) is 0 Å². The lowest BCUT2D eigenvalue weighted by molar-refractivity contribution is -0.123. The Kier molecular flexibility index (Phi) is 3.68. The van der Waals surface area contributed by atoms with Gasteiger partial charge in [0.25, 0.3) is 5.91 Å². The van der Waals surface area contributed by atoms with Gasteiger partial charge in [0.1, 0.15) is 5.54 Å². The summed E-state index contributed by atoms with van der Waals surface area (Å²) < 4.78 is 0. The molecule has 1 unspecified atom stereocenters. The maximum atomic E-state index is 11.5. The monoisotopic (exact) mass is 213 g/mol. The molecule has 0 bridgehead atoms. The van der Waals surface area contributed by atoms with Crippen molar-refractivity contribution >= 4 is 11.9 Å². The second-order valence-electron chi connectivity index (χ2n) is 4.02. The van der Waals surface area contributed by atoms with E-state index < -0.39 is 5.54 Å². The van der Waals surface area contributed by atoms with E-state index in [2.05, 4.69) is 29.4 Å². The van der Waals surface area contributed by atoms with E-state index in [1.54, 1.807) is 6.92 Å². The lowest BCUT2D eigenvalue weighted by atomic mass is 9.98. The molecule has 86 valence electrons. The fourth-order valence-electron chi connectivity index (χ4n) is 1.68. The van der Waals surface area contributed by atoms with Gasteiger partial charge in [0.05, 0.1) is 0 Å². The molecule has 1 saturated heterocycles. The summed E-state index contributed by atoms with van der Waals surface area (Å²) in [4.78, 5) is 24.7. The molecule has 0 aliphatic carbocycles. The zero-order valence-electron chi connectivity index (χ0n) is 9.59.